The van der Waals surface area contributed by atoms with Crippen molar-refractivity contribution in [1.82, 2.24) is 5.32 Å². The van der Waals surface area contributed by atoms with Gasteiger partial charge in [-0.05, 0) is 38.6 Å². The van der Waals surface area contributed by atoms with E-state index in [0.29, 0.717) is 5.56 Å². The Morgan fingerprint density at radius 1 is 1.25 bits per heavy atom. The first-order valence-corrected chi connectivity index (χ1v) is 5.95. The first kappa shape index (κ1) is 16.3. The van der Waals surface area contributed by atoms with Crippen LogP contribution in [0, 0.1) is 0 Å². The number of halogens is 3. The van der Waals surface area contributed by atoms with Gasteiger partial charge in [0.05, 0.1) is 6.61 Å². The molecule has 1 aromatic rings. The Bertz CT molecular complexity index is 459. The van der Waals surface area contributed by atoms with Gasteiger partial charge in [-0.2, -0.15) is 0 Å². The molecule has 1 atom stereocenters. The second kappa shape index (κ2) is 6.13. The molecule has 0 bridgehead atoms. The van der Waals surface area contributed by atoms with Gasteiger partial charge in [-0.25, -0.2) is 4.79 Å². The fraction of sp³-hybridized carbons (Fsp3) is 0.462. The van der Waals surface area contributed by atoms with E-state index in [0.717, 1.165) is 12.1 Å². The van der Waals surface area contributed by atoms with Crippen LogP contribution in [-0.4, -0.2) is 26.0 Å². The number of carbonyl (C=O) groups is 1. The Hall–Kier alpha value is -1.76. The van der Waals surface area contributed by atoms with Crippen LogP contribution >= 0.6 is 0 Å². The molecular weight excluding hydrogens is 275 g/mol. The summed E-state index contributed by atoms with van der Waals surface area (Å²) in [5.41, 5.74) is -0.653. The fourth-order valence-electron chi connectivity index (χ4n) is 1.63. The van der Waals surface area contributed by atoms with E-state index in [-0.39, 0.29) is 12.4 Å². The molecule has 20 heavy (non-hydrogen) atoms. The Balaban J connectivity index is 2.98. The minimum atomic E-state index is -4.74. The molecule has 0 saturated heterocycles. The highest BCUT2D eigenvalue weighted by Crippen LogP contribution is 2.27. The van der Waals surface area contributed by atoms with Gasteiger partial charge < -0.3 is 14.8 Å². The van der Waals surface area contributed by atoms with Crippen LogP contribution in [0.4, 0.5) is 13.2 Å². The van der Waals surface area contributed by atoms with Gasteiger partial charge >= 0.3 is 12.3 Å². The molecule has 112 valence electrons. The van der Waals surface area contributed by atoms with Crippen molar-refractivity contribution in [2.75, 3.05) is 13.7 Å². The molecule has 1 N–H and O–H groups in total. The summed E-state index contributed by atoms with van der Waals surface area (Å²) in [4.78, 5) is 11.9. The lowest BCUT2D eigenvalue weighted by Gasteiger charge is -2.27. The number of ether oxygens (including phenoxy) is 2. The summed E-state index contributed by atoms with van der Waals surface area (Å²) in [6, 6.07) is 5.07. The molecule has 1 unspecified atom stereocenters. The van der Waals surface area contributed by atoms with Crippen LogP contribution < -0.4 is 10.1 Å². The third-order valence-corrected chi connectivity index (χ3v) is 2.85. The summed E-state index contributed by atoms with van der Waals surface area (Å²) in [6.07, 6.45) is -4.74. The first-order valence-electron chi connectivity index (χ1n) is 5.95. The van der Waals surface area contributed by atoms with Crippen LogP contribution in [0.5, 0.6) is 5.75 Å². The number of hydrogen-bond acceptors (Lipinski definition) is 4. The number of likely N-dealkylation sites (N-methyl/N-ethyl adjacent to an activating group) is 1. The fourth-order valence-corrected chi connectivity index (χ4v) is 1.63. The number of carbonyl (C=O) groups excluding carboxylic acids is 1. The standard InChI is InChI=1S/C13H16F3NO3/c1-4-19-11(18)12(2,17-3)9-5-7-10(8-6-9)20-13(14,15)16/h5-8,17H,4H2,1-3H3. The third kappa shape index (κ3) is 3.86. The SMILES string of the molecule is CCOC(=O)C(C)(NC)c1ccc(OC(F)(F)F)cc1. The van der Waals surface area contributed by atoms with Crippen LogP contribution in [-0.2, 0) is 15.1 Å². The van der Waals surface area contributed by atoms with Crippen molar-refractivity contribution in [1.29, 1.82) is 0 Å². The monoisotopic (exact) mass is 291 g/mol. The van der Waals surface area contributed by atoms with Gasteiger partial charge in [0, 0.05) is 0 Å². The van der Waals surface area contributed by atoms with E-state index in [1.165, 1.54) is 12.1 Å². The highest BCUT2D eigenvalue weighted by Gasteiger charge is 2.35. The minimum Gasteiger partial charge on any atom is -0.464 e. The molecule has 0 aliphatic rings. The molecule has 0 aliphatic carbocycles. The van der Waals surface area contributed by atoms with Crippen LogP contribution in [0.3, 0.4) is 0 Å². The zero-order valence-electron chi connectivity index (χ0n) is 11.4. The molecule has 4 nitrogen and oxygen atoms in total. The lowest BCUT2D eigenvalue weighted by atomic mass is 9.92. The lowest BCUT2D eigenvalue weighted by molar-refractivity contribution is -0.274. The average Bonchev–Trinajstić information content (AvgIpc) is 2.37. The van der Waals surface area contributed by atoms with Gasteiger partial charge in [0.1, 0.15) is 11.3 Å². The van der Waals surface area contributed by atoms with Crippen molar-refractivity contribution in [3.8, 4) is 5.75 Å². The second-order valence-electron chi connectivity index (χ2n) is 4.17. The van der Waals surface area contributed by atoms with Crippen LogP contribution in [0.1, 0.15) is 19.4 Å². The summed E-state index contributed by atoms with van der Waals surface area (Å²) < 4.78 is 44.9. The van der Waals surface area contributed by atoms with E-state index in [4.69, 9.17) is 4.74 Å². The topological polar surface area (TPSA) is 47.6 Å². The number of esters is 1. The zero-order valence-corrected chi connectivity index (χ0v) is 11.4. The van der Waals surface area contributed by atoms with Crippen LogP contribution in [0.15, 0.2) is 24.3 Å². The molecule has 0 heterocycles. The van der Waals surface area contributed by atoms with E-state index in [9.17, 15) is 18.0 Å². The predicted molar refractivity (Wildman–Crippen MR) is 66.2 cm³/mol. The maximum Gasteiger partial charge on any atom is 0.573 e. The average molecular weight is 291 g/mol. The van der Waals surface area contributed by atoms with Gasteiger partial charge in [-0.3, -0.25) is 0 Å². The van der Waals surface area contributed by atoms with Crippen molar-refractivity contribution in [3.63, 3.8) is 0 Å². The maximum atomic E-state index is 12.1. The summed E-state index contributed by atoms with van der Waals surface area (Å²) in [5.74, 6) is -0.851. The van der Waals surface area contributed by atoms with Crippen molar-refractivity contribution in [3.05, 3.63) is 29.8 Å². The molecule has 1 aromatic carbocycles. The second-order valence-corrected chi connectivity index (χ2v) is 4.17. The Kier molecular flexibility index (Phi) is 4.99. The van der Waals surface area contributed by atoms with Crippen molar-refractivity contribution < 1.29 is 27.4 Å². The van der Waals surface area contributed by atoms with Crippen LogP contribution in [0.25, 0.3) is 0 Å². The van der Waals surface area contributed by atoms with Gasteiger partial charge in [-0.1, -0.05) is 12.1 Å². The molecule has 0 aromatic heterocycles. The summed E-state index contributed by atoms with van der Waals surface area (Å²) in [6.45, 7) is 3.48. The largest absolute Gasteiger partial charge is 0.573 e. The van der Waals surface area contributed by atoms with E-state index >= 15 is 0 Å². The smallest absolute Gasteiger partial charge is 0.464 e. The Labute approximate surface area is 114 Å². The molecule has 7 heteroatoms. The number of alkyl halides is 3. The van der Waals surface area contributed by atoms with Crippen molar-refractivity contribution in [2.24, 2.45) is 0 Å². The summed E-state index contributed by atoms with van der Waals surface area (Å²) in [5, 5.41) is 2.81. The first-order chi connectivity index (χ1) is 9.23. The molecule has 0 aliphatic heterocycles. The number of hydrogen-bond donors (Lipinski definition) is 1. The summed E-state index contributed by atoms with van der Waals surface area (Å²) in [7, 11) is 1.57. The zero-order chi connectivity index (χ0) is 15.4. The number of benzene rings is 1. The predicted octanol–water partition coefficient (Wildman–Crippen LogP) is 2.58. The van der Waals surface area contributed by atoms with Crippen molar-refractivity contribution >= 4 is 5.97 Å². The van der Waals surface area contributed by atoms with Gasteiger partial charge in [0.2, 0.25) is 0 Å². The molecular formula is C13H16F3NO3. The maximum absolute atomic E-state index is 12.1. The Morgan fingerprint density at radius 3 is 2.20 bits per heavy atom. The highest BCUT2D eigenvalue weighted by molar-refractivity contribution is 5.82. The normalized spacial score (nSPS) is 14.5. The lowest BCUT2D eigenvalue weighted by Crippen LogP contribution is -2.45. The van der Waals surface area contributed by atoms with E-state index in [1.807, 2.05) is 0 Å². The van der Waals surface area contributed by atoms with Gasteiger partial charge in [-0.15, -0.1) is 13.2 Å². The molecule has 1 rings (SSSR count). The van der Waals surface area contributed by atoms with E-state index < -0.39 is 17.9 Å². The summed E-state index contributed by atoms with van der Waals surface area (Å²) >= 11 is 0. The number of nitrogens with one attached hydrogen (secondary N) is 1. The third-order valence-electron chi connectivity index (χ3n) is 2.85. The number of rotatable bonds is 5. The quantitative estimate of drug-likeness (QED) is 0.847. The molecule has 0 radical (unpaired) electrons. The Morgan fingerprint density at radius 2 is 1.80 bits per heavy atom. The van der Waals surface area contributed by atoms with E-state index in [2.05, 4.69) is 10.1 Å². The van der Waals surface area contributed by atoms with Gasteiger partial charge in [0.15, 0.2) is 0 Å². The minimum absolute atomic E-state index is 0.214. The van der Waals surface area contributed by atoms with Crippen molar-refractivity contribution in [2.45, 2.75) is 25.7 Å². The van der Waals surface area contributed by atoms with Crippen LogP contribution in [0.2, 0.25) is 0 Å². The van der Waals surface area contributed by atoms with Gasteiger partial charge in [0.25, 0.3) is 0 Å². The molecule has 0 fully saturated rings. The molecule has 0 spiro atoms. The van der Waals surface area contributed by atoms with E-state index in [1.54, 1.807) is 20.9 Å². The molecule has 0 amide bonds. The molecule has 0 saturated carbocycles. The highest BCUT2D eigenvalue weighted by atomic mass is 19.4.